The van der Waals surface area contributed by atoms with Crippen LogP contribution in [0.4, 0.5) is 9.18 Å². The van der Waals surface area contributed by atoms with Crippen LogP contribution < -0.4 is 5.32 Å². The van der Waals surface area contributed by atoms with Gasteiger partial charge in [-0.1, -0.05) is 0 Å². The summed E-state index contributed by atoms with van der Waals surface area (Å²) < 4.78 is 13.0. The molecule has 2 heterocycles. The monoisotopic (exact) mass is 302 g/mol. The SMILES string of the molecule is CNC(=O)N1CCC[C@H](c2cc(-c3ccc(F)cc3)n[nH]2)C1. The second-order valence-corrected chi connectivity index (χ2v) is 5.56. The fourth-order valence-corrected chi connectivity index (χ4v) is 2.89. The normalized spacial score (nSPS) is 18.3. The molecule has 0 bridgehead atoms. The van der Waals surface area contributed by atoms with Crippen LogP contribution >= 0.6 is 0 Å². The van der Waals surface area contributed by atoms with Gasteiger partial charge >= 0.3 is 6.03 Å². The third-order valence-corrected chi connectivity index (χ3v) is 4.10. The number of carbonyl (C=O) groups excluding carboxylic acids is 1. The molecule has 5 nitrogen and oxygen atoms in total. The highest BCUT2D eigenvalue weighted by molar-refractivity contribution is 5.74. The molecule has 1 fully saturated rings. The minimum atomic E-state index is -0.256. The number of aromatic nitrogens is 2. The Kier molecular flexibility index (Phi) is 4.09. The predicted molar refractivity (Wildman–Crippen MR) is 82.0 cm³/mol. The molecule has 0 radical (unpaired) electrons. The first kappa shape index (κ1) is 14.6. The van der Waals surface area contributed by atoms with Crippen molar-refractivity contribution in [3.63, 3.8) is 0 Å². The van der Waals surface area contributed by atoms with Crippen molar-refractivity contribution >= 4 is 6.03 Å². The molecule has 0 unspecified atom stereocenters. The number of nitrogens with zero attached hydrogens (tertiary/aromatic N) is 2. The average molecular weight is 302 g/mol. The number of aromatic amines is 1. The standard InChI is InChI=1S/C16H19FN4O/c1-18-16(22)21-8-2-3-12(10-21)15-9-14(19-20-15)11-4-6-13(17)7-5-11/h4-7,9,12H,2-3,8,10H2,1H3,(H,18,22)(H,19,20)/t12-/m0/s1. The molecule has 2 amide bonds. The number of rotatable bonds is 2. The molecule has 3 rings (SSSR count). The van der Waals surface area contributed by atoms with Crippen LogP contribution in [0.15, 0.2) is 30.3 Å². The van der Waals surface area contributed by atoms with Gasteiger partial charge < -0.3 is 10.2 Å². The first-order chi connectivity index (χ1) is 10.7. The number of halogens is 1. The number of hydrogen-bond acceptors (Lipinski definition) is 2. The van der Waals surface area contributed by atoms with Crippen molar-refractivity contribution in [2.24, 2.45) is 0 Å². The van der Waals surface area contributed by atoms with Crippen LogP contribution in [0.25, 0.3) is 11.3 Å². The molecule has 1 aromatic heterocycles. The Morgan fingerprint density at radius 1 is 1.41 bits per heavy atom. The molecule has 0 spiro atoms. The molecule has 2 N–H and O–H groups in total. The van der Waals surface area contributed by atoms with Crippen LogP contribution in [0.2, 0.25) is 0 Å². The summed E-state index contributed by atoms with van der Waals surface area (Å²) in [5.41, 5.74) is 2.70. The second-order valence-electron chi connectivity index (χ2n) is 5.56. The fourth-order valence-electron chi connectivity index (χ4n) is 2.89. The van der Waals surface area contributed by atoms with Crippen LogP contribution in [0, 0.1) is 5.82 Å². The number of benzene rings is 1. The van der Waals surface area contributed by atoms with Crippen LogP contribution in [0.5, 0.6) is 0 Å². The van der Waals surface area contributed by atoms with Gasteiger partial charge in [-0.3, -0.25) is 5.10 Å². The van der Waals surface area contributed by atoms with Crippen molar-refractivity contribution in [2.45, 2.75) is 18.8 Å². The van der Waals surface area contributed by atoms with Crippen molar-refractivity contribution in [1.82, 2.24) is 20.4 Å². The summed E-state index contributed by atoms with van der Waals surface area (Å²) in [7, 11) is 1.65. The molecular weight excluding hydrogens is 283 g/mol. The van der Waals surface area contributed by atoms with Gasteiger partial charge in [0.05, 0.1) is 5.69 Å². The van der Waals surface area contributed by atoms with E-state index >= 15 is 0 Å². The number of urea groups is 1. The molecule has 6 heteroatoms. The third kappa shape index (κ3) is 2.95. The smallest absolute Gasteiger partial charge is 0.317 e. The minimum Gasteiger partial charge on any atom is -0.341 e. The Labute approximate surface area is 128 Å². The number of likely N-dealkylation sites (tertiary alicyclic amines) is 1. The van der Waals surface area contributed by atoms with E-state index in [1.807, 2.05) is 11.0 Å². The topological polar surface area (TPSA) is 61.0 Å². The number of H-pyrrole nitrogens is 1. The minimum absolute atomic E-state index is 0.0389. The molecule has 1 atom stereocenters. The van der Waals surface area contributed by atoms with E-state index in [1.165, 1.54) is 12.1 Å². The highest BCUT2D eigenvalue weighted by Crippen LogP contribution is 2.28. The Hall–Kier alpha value is -2.37. The van der Waals surface area contributed by atoms with Gasteiger partial charge in [-0.25, -0.2) is 9.18 Å². The van der Waals surface area contributed by atoms with Gasteiger partial charge in [-0.15, -0.1) is 0 Å². The Morgan fingerprint density at radius 3 is 2.91 bits per heavy atom. The van der Waals surface area contributed by atoms with Crippen molar-refractivity contribution in [3.8, 4) is 11.3 Å². The third-order valence-electron chi connectivity index (χ3n) is 4.10. The maximum Gasteiger partial charge on any atom is 0.317 e. The largest absolute Gasteiger partial charge is 0.341 e. The summed E-state index contributed by atoms with van der Waals surface area (Å²) in [4.78, 5) is 13.6. The van der Waals surface area contributed by atoms with Gasteiger partial charge in [-0.2, -0.15) is 5.10 Å². The molecule has 1 aromatic carbocycles. The van der Waals surface area contributed by atoms with Gasteiger partial charge in [0, 0.05) is 37.3 Å². The van der Waals surface area contributed by atoms with E-state index in [0.29, 0.717) is 6.54 Å². The van der Waals surface area contributed by atoms with E-state index in [2.05, 4.69) is 15.5 Å². The number of nitrogens with one attached hydrogen (secondary N) is 2. The van der Waals surface area contributed by atoms with E-state index in [4.69, 9.17) is 0 Å². The van der Waals surface area contributed by atoms with Crippen molar-refractivity contribution < 1.29 is 9.18 Å². The average Bonchev–Trinajstić information content (AvgIpc) is 3.05. The van der Waals surface area contributed by atoms with Crippen LogP contribution in [-0.2, 0) is 0 Å². The maximum absolute atomic E-state index is 13.0. The van der Waals surface area contributed by atoms with E-state index < -0.39 is 0 Å². The molecule has 116 valence electrons. The summed E-state index contributed by atoms with van der Waals surface area (Å²) in [6.45, 7) is 1.47. The molecule has 1 aliphatic rings. The molecule has 1 saturated heterocycles. The highest BCUT2D eigenvalue weighted by atomic mass is 19.1. The number of hydrogen-bond donors (Lipinski definition) is 2. The lowest BCUT2D eigenvalue weighted by Gasteiger charge is -2.31. The number of piperidine rings is 1. The van der Waals surface area contributed by atoms with E-state index in [9.17, 15) is 9.18 Å². The first-order valence-electron chi connectivity index (χ1n) is 7.45. The molecule has 1 aliphatic heterocycles. The molecule has 0 saturated carbocycles. The van der Waals surface area contributed by atoms with Crippen molar-refractivity contribution in [2.75, 3.05) is 20.1 Å². The Bertz CT molecular complexity index is 652. The van der Waals surface area contributed by atoms with Crippen molar-refractivity contribution in [1.29, 1.82) is 0 Å². The zero-order valence-electron chi connectivity index (χ0n) is 12.5. The van der Waals surface area contributed by atoms with Gasteiger partial charge in [0.15, 0.2) is 0 Å². The lowest BCUT2D eigenvalue weighted by molar-refractivity contribution is 0.181. The summed E-state index contributed by atoms with van der Waals surface area (Å²) in [6.07, 6.45) is 2.00. The molecular formula is C16H19FN4O. The molecule has 2 aromatic rings. The molecule has 22 heavy (non-hydrogen) atoms. The summed E-state index contributed by atoms with van der Waals surface area (Å²) in [5.74, 6) is 0.000702. The quantitative estimate of drug-likeness (QED) is 0.896. The van der Waals surface area contributed by atoms with Gasteiger partial charge in [0.1, 0.15) is 5.82 Å². The molecule has 0 aliphatic carbocycles. The summed E-state index contributed by atoms with van der Waals surface area (Å²) in [6, 6.07) is 8.24. The summed E-state index contributed by atoms with van der Waals surface area (Å²) in [5, 5.41) is 10.0. The van der Waals surface area contributed by atoms with E-state index in [1.54, 1.807) is 19.2 Å². The zero-order valence-corrected chi connectivity index (χ0v) is 12.5. The van der Waals surface area contributed by atoms with Crippen molar-refractivity contribution in [3.05, 3.63) is 41.8 Å². The lowest BCUT2D eigenvalue weighted by Crippen LogP contribution is -2.43. The lowest BCUT2D eigenvalue weighted by atomic mass is 9.94. The number of carbonyl (C=O) groups is 1. The van der Waals surface area contributed by atoms with Gasteiger partial charge in [-0.05, 0) is 43.2 Å². The Morgan fingerprint density at radius 2 is 2.18 bits per heavy atom. The van der Waals surface area contributed by atoms with Gasteiger partial charge in [0.25, 0.3) is 0 Å². The zero-order chi connectivity index (χ0) is 15.5. The van der Waals surface area contributed by atoms with Crippen LogP contribution in [0.3, 0.4) is 0 Å². The predicted octanol–water partition coefficient (Wildman–Crippen LogP) is 2.73. The van der Waals surface area contributed by atoms with E-state index in [-0.39, 0.29) is 17.8 Å². The first-order valence-corrected chi connectivity index (χ1v) is 7.45. The number of amides is 2. The highest BCUT2D eigenvalue weighted by Gasteiger charge is 2.25. The van der Waals surface area contributed by atoms with Crippen LogP contribution in [-0.4, -0.2) is 41.3 Å². The van der Waals surface area contributed by atoms with E-state index in [0.717, 1.165) is 36.3 Å². The Balaban J connectivity index is 1.75. The summed E-state index contributed by atoms with van der Waals surface area (Å²) >= 11 is 0. The second kappa shape index (κ2) is 6.17. The maximum atomic E-state index is 13.0. The van der Waals surface area contributed by atoms with Crippen LogP contribution in [0.1, 0.15) is 24.5 Å². The fraction of sp³-hybridized carbons (Fsp3) is 0.375. The van der Waals surface area contributed by atoms with Gasteiger partial charge in [0.2, 0.25) is 0 Å².